The Balaban J connectivity index is 2.48. The molecule has 0 amide bonds. The number of carbonyl (C=O) groups is 1. The number of nitrogens with zero attached hydrogens (tertiary/aromatic N) is 2. The molecule has 0 aliphatic heterocycles. The van der Waals surface area contributed by atoms with Crippen LogP contribution >= 0.6 is 11.6 Å². The number of fused-ring (bicyclic) bond motifs is 1. The summed E-state index contributed by atoms with van der Waals surface area (Å²) >= 11 is 6.17. The van der Waals surface area contributed by atoms with Crippen molar-refractivity contribution in [3.63, 3.8) is 0 Å². The maximum absolute atomic E-state index is 12.8. The standard InChI is InChI=1S/C25H31ClN2O3/c1-14-16(3)28(12-13-29)24-20(14)22(18-8-10-19(26)11-9-18)21(15(2)27-24)23(17(4)30)31-25(5,6)7/h8-11,23,29H,12-13H2,1-7H3. The van der Waals surface area contributed by atoms with Gasteiger partial charge in [0, 0.05) is 39.5 Å². The van der Waals surface area contributed by atoms with Gasteiger partial charge in [-0.2, -0.15) is 0 Å². The van der Waals surface area contributed by atoms with Crippen LogP contribution in [0, 0.1) is 20.8 Å². The van der Waals surface area contributed by atoms with Gasteiger partial charge >= 0.3 is 0 Å². The van der Waals surface area contributed by atoms with E-state index in [1.807, 2.05) is 63.5 Å². The van der Waals surface area contributed by atoms with Crippen LogP contribution in [0.5, 0.6) is 0 Å². The fourth-order valence-corrected chi connectivity index (χ4v) is 4.23. The van der Waals surface area contributed by atoms with Crippen molar-refractivity contribution in [3.8, 4) is 11.1 Å². The van der Waals surface area contributed by atoms with Crippen molar-refractivity contribution in [3.05, 3.63) is 51.8 Å². The summed E-state index contributed by atoms with van der Waals surface area (Å²) in [5.41, 5.74) is 5.79. The van der Waals surface area contributed by atoms with Crippen molar-refractivity contribution in [2.75, 3.05) is 6.61 Å². The van der Waals surface area contributed by atoms with E-state index in [0.29, 0.717) is 11.6 Å². The highest BCUT2D eigenvalue weighted by Gasteiger charge is 2.31. The normalized spacial score (nSPS) is 13.1. The number of aliphatic hydroxyl groups excluding tert-OH is 1. The zero-order valence-corrected chi connectivity index (χ0v) is 20.1. The summed E-state index contributed by atoms with van der Waals surface area (Å²) in [5, 5.41) is 11.2. The first-order valence-electron chi connectivity index (χ1n) is 10.5. The Morgan fingerprint density at radius 1 is 1.19 bits per heavy atom. The molecule has 31 heavy (non-hydrogen) atoms. The van der Waals surface area contributed by atoms with Gasteiger partial charge in [-0.25, -0.2) is 4.98 Å². The molecular formula is C25H31ClN2O3. The molecule has 1 aromatic carbocycles. The van der Waals surface area contributed by atoms with Crippen molar-refractivity contribution in [1.29, 1.82) is 0 Å². The molecule has 0 aliphatic carbocycles. The van der Waals surface area contributed by atoms with E-state index in [1.54, 1.807) is 6.92 Å². The number of ether oxygens (including phenoxy) is 1. The zero-order chi connectivity index (χ0) is 23.1. The molecule has 166 valence electrons. The maximum atomic E-state index is 12.8. The van der Waals surface area contributed by atoms with Gasteiger partial charge in [0.2, 0.25) is 0 Å². The van der Waals surface area contributed by atoms with Gasteiger partial charge in [-0.1, -0.05) is 23.7 Å². The lowest BCUT2D eigenvalue weighted by Crippen LogP contribution is -2.27. The molecule has 6 heteroatoms. The van der Waals surface area contributed by atoms with E-state index in [9.17, 15) is 9.90 Å². The Morgan fingerprint density at radius 2 is 1.81 bits per heavy atom. The number of Topliss-reactive ketones (excluding diaryl/α,β-unsaturated/α-hetero) is 1. The van der Waals surface area contributed by atoms with E-state index in [4.69, 9.17) is 21.3 Å². The first-order chi connectivity index (χ1) is 14.5. The smallest absolute Gasteiger partial charge is 0.163 e. The first-order valence-corrected chi connectivity index (χ1v) is 10.9. The molecule has 0 spiro atoms. The van der Waals surface area contributed by atoms with Crippen LogP contribution in [0.25, 0.3) is 22.2 Å². The van der Waals surface area contributed by atoms with Crippen LogP contribution in [0.15, 0.2) is 24.3 Å². The summed E-state index contributed by atoms with van der Waals surface area (Å²) < 4.78 is 8.30. The molecule has 2 aromatic heterocycles. The summed E-state index contributed by atoms with van der Waals surface area (Å²) in [7, 11) is 0. The number of hydrogen-bond acceptors (Lipinski definition) is 4. The molecule has 0 bridgehead atoms. The quantitative estimate of drug-likeness (QED) is 0.530. The topological polar surface area (TPSA) is 64.3 Å². The molecule has 2 heterocycles. The number of hydrogen-bond donors (Lipinski definition) is 1. The Morgan fingerprint density at radius 3 is 2.32 bits per heavy atom. The summed E-state index contributed by atoms with van der Waals surface area (Å²) in [6.45, 7) is 13.9. The molecule has 5 nitrogen and oxygen atoms in total. The summed E-state index contributed by atoms with van der Waals surface area (Å²) in [6, 6.07) is 7.63. The Hall–Kier alpha value is -2.21. The maximum Gasteiger partial charge on any atom is 0.163 e. The van der Waals surface area contributed by atoms with E-state index >= 15 is 0 Å². The van der Waals surface area contributed by atoms with Gasteiger partial charge < -0.3 is 14.4 Å². The molecular weight excluding hydrogens is 412 g/mol. The van der Waals surface area contributed by atoms with Crippen molar-refractivity contribution in [2.45, 2.75) is 66.7 Å². The summed E-state index contributed by atoms with van der Waals surface area (Å²) in [6.07, 6.45) is -0.747. The number of benzene rings is 1. The molecule has 1 N–H and O–H groups in total. The van der Waals surface area contributed by atoms with Crippen LogP contribution in [0.4, 0.5) is 0 Å². The van der Waals surface area contributed by atoms with E-state index in [-0.39, 0.29) is 12.4 Å². The van der Waals surface area contributed by atoms with Crippen LogP contribution in [0.2, 0.25) is 5.02 Å². The zero-order valence-electron chi connectivity index (χ0n) is 19.3. The lowest BCUT2D eigenvalue weighted by molar-refractivity contribution is -0.138. The van der Waals surface area contributed by atoms with Crippen LogP contribution in [0.3, 0.4) is 0 Å². The summed E-state index contributed by atoms with van der Waals surface area (Å²) in [5.74, 6) is -0.0708. The van der Waals surface area contributed by atoms with Gasteiger partial charge in [-0.05, 0) is 71.7 Å². The van der Waals surface area contributed by atoms with E-state index in [0.717, 1.165) is 44.7 Å². The number of ketones is 1. The number of carbonyl (C=O) groups excluding carboxylic acids is 1. The minimum atomic E-state index is -0.747. The SMILES string of the molecule is CC(=O)C(OC(C)(C)C)c1c(C)nc2c(c(C)c(C)n2CCO)c1-c1ccc(Cl)cc1. The van der Waals surface area contributed by atoms with Crippen molar-refractivity contribution in [2.24, 2.45) is 0 Å². The lowest BCUT2D eigenvalue weighted by atomic mass is 9.90. The highest BCUT2D eigenvalue weighted by molar-refractivity contribution is 6.30. The van der Waals surface area contributed by atoms with Gasteiger partial charge in [0.1, 0.15) is 11.8 Å². The van der Waals surface area contributed by atoms with E-state index < -0.39 is 11.7 Å². The minimum absolute atomic E-state index is 0.0199. The van der Waals surface area contributed by atoms with Crippen molar-refractivity contribution in [1.82, 2.24) is 9.55 Å². The van der Waals surface area contributed by atoms with E-state index in [2.05, 4.69) is 6.92 Å². The number of rotatable bonds is 6. The van der Waals surface area contributed by atoms with Crippen LogP contribution in [0.1, 0.15) is 56.3 Å². The second-order valence-corrected chi connectivity index (χ2v) is 9.43. The third-order valence-corrected chi connectivity index (χ3v) is 5.80. The highest BCUT2D eigenvalue weighted by atomic mass is 35.5. The third kappa shape index (κ3) is 4.54. The largest absolute Gasteiger partial charge is 0.395 e. The number of aryl methyl sites for hydroxylation is 2. The van der Waals surface area contributed by atoms with Gasteiger partial charge in [-0.3, -0.25) is 4.79 Å². The second-order valence-electron chi connectivity index (χ2n) is 9.00. The van der Waals surface area contributed by atoms with Crippen molar-refractivity contribution >= 4 is 28.4 Å². The third-order valence-electron chi connectivity index (χ3n) is 5.54. The number of pyridine rings is 1. The molecule has 3 aromatic rings. The minimum Gasteiger partial charge on any atom is -0.395 e. The summed E-state index contributed by atoms with van der Waals surface area (Å²) in [4.78, 5) is 17.7. The van der Waals surface area contributed by atoms with E-state index in [1.165, 1.54) is 0 Å². The first kappa shape index (κ1) is 23.5. The highest BCUT2D eigenvalue weighted by Crippen LogP contribution is 2.42. The number of aromatic nitrogens is 2. The number of aliphatic hydroxyl groups is 1. The molecule has 0 saturated heterocycles. The van der Waals surface area contributed by atoms with Gasteiger partial charge in [0.25, 0.3) is 0 Å². The molecule has 0 aliphatic rings. The van der Waals surface area contributed by atoms with Crippen LogP contribution < -0.4 is 0 Å². The average Bonchev–Trinajstić information content (AvgIpc) is 2.90. The number of halogens is 1. The Bertz CT molecular complexity index is 1120. The molecule has 0 radical (unpaired) electrons. The Labute approximate surface area is 189 Å². The molecule has 3 rings (SSSR count). The Kier molecular flexibility index (Phi) is 6.61. The fraction of sp³-hybridized carbons (Fsp3) is 0.440. The predicted molar refractivity (Wildman–Crippen MR) is 126 cm³/mol. The average molecular weight is 443 g/mol. The molecule has 0 saturated carbocycles. The molecule has 0 fully saturated rings. The van der Waals surface area contributed by atoms with Gasteiger partial charge in [0.15, 0.2) is 5.78 Å². The fourth-order valence-electron chi connectivity index (χ4n) is 4.10. The molecule has 1 unspecified atom stereocenters. The van der Waals surface area contributed by atoms with Crippen LogP contribution in [-0.2, 0) is 16.1 Å². The second kappa shape index (κ2) is 8.73. The lowest BCUT2D eigenvalue weighted by Gasteiger charge is -2.29. The van der Waals surface area contributed by atoms with Gasteiger partial charge in [-0.15, -0.1) is 0 Å². The monoisotopic (exact) mass is 442 g/mol. The van der Waals surface area contributed by atoms with Gasteiger partial charge in [0.05, 0.1) is 12.2 Å². The van der Waals surface area contributed by atoms with Crippen molar-refractivity contribution < 1.29 is 14.6 Å². The van der Waals surface area contributed by atoms with Crippen LogP contribution in [-0.4, -0.2) is 32.6 Å². The molecule has 1 atom stereocenters. The predicted octanol–water partition coefficient (Wildman–Crippen LogP) is 5.72.